The predicted octanol–water partition coefficient (Wildman–Crippen LogP) is 2.22. The van der Waals surface area contributed by atoms with Gasteiger partial charge in [-0.2, -0.15) is 0 Å². The summed E-state index contributed by atoms with van der Waals surface area (Å²) >= 11 is 0. The Morgan fingerprint density at radius 2 is 1.80 bits per heavy atom. The number of allylic oxidation sites excluding steroid dienone is 3. The highest BCUT2D eigenvalue weighted by Crippen LogP contribution is 2.32. The van der Waals surface area contributed by atoms with Gasteiger partial charge in [0.2, 0.25) is 0 Å². The second kappa shape index (κ2) is 18.0. The monoisotopic (exact) mass is 623 g/mol. The Balaban J connectivity index is 2.48. The highest BCUT2D eigenvalue weighted by molar-refractivity contribution is 5.92. The Morgan fingerprint density at radius 1 is 1.11 bits per heavy atom. The normalized spacial score (nSPS) is 40.1. The van der Waals surface area contributed by atoms with E-state index in [9.17, 15) is 29.7 Å². The number of likely N-dealkylation sites (N-methyl/N-ethyl adjacent to an activating group) is 1. The van der Waals surface area contributed by atoms with Crippen molar-refractivity contribution in [2.45, 2.75) is 103 Å². The molecule has 0 aromatic rings. The third-order valence-corrected chi connectivity index (χ3v) is 8.60. The Labute approximate surface area is 261 Å². The molecule has 11 nitrogen and oxygen atoms in total. The number of nitrogens with zero attached hydrogens (tertiary/aromatic N) is 1. The molecule has 2 aliphatic rings. The van der Waals surface area contributed by atoms with Gasteiger partial charge in [-0.25, -0.2) is 0 Å². The number of rotatable bonds is 9. The van der Waals surface area contributed by atoms with Crippen LogP contribution in [0.5, 0.6) is 0 Å². The minimum atomic E-state index is -1.29. The van der Waals surface area contributed by atoms with E-state index in [4.69, 9.17) is 18.9 Å². The van der Waals surface area contributed by atoms with Gasteiger partial charge in [0.15, 0.2) is 12.1 Å². The lowest BCUT2D eigenvalue weighted by molar-refractivity contribution is -0.302. The molecule has 0 bridgehead atoms. The summed E-state index contributed by atoms with van der Waals surface area (Å²) in [5.41, 5.74) is 0.774. The van der Waals surface area contributed by atoms with Gasteiger partial charge in [0.25, 0.3) is 0 Å². The molecule has 0 spiro atoms. The number of ether oxygens (including phenoxy) is 4. The van der Waals surface area contributed by atoms with Gasteiger partial charge in [0, 0.05) is 23.7 Å². The molecule has 12 atom stereocenters. The molecule has 2 aliphatic heterocycles. The van der Waals surface area contributed by atoms with Gasteiger partial charge in [-0.15, -0.1) is 6.58 Å². The molecule has 0 aromatic carbocycles. The number of aliphatic hydroxyl groups is 3. The van der Waals surface area contributed by atoms with Crippen molar-refractivity contribution < 1.29 is 48.7 Å². The minimum Gasteiger partial charge on any atom is -0.462 e. The fourth-order valence-electron chi connectivity index (χ4n) is 5.89. The number of aliphatic hydroxyl groups excluding tert-OH is 3. The van der Waals surface area contributed by atoms with E-state index in [2.05, 4.69) is 6.58 Å². The highest BCUT2D eigenvalue weighted by atomic mass is 16.7. The molecule has 11 heteroatoms. The molecule has 0 aliphatic carbocycles. The Morgan fingerprint density at radius 3 is 2.39 bits per heavy atom. The maximum absolute atomic E-state index is 13.1. The number of carbonyl (C=O) groups is 3. The summed E-state index contributed by atoms with van der Waals surface area (Å²) in [6.07, 6.45) is 0.419. The minimum absolute atomic E-state index is 0.0929. The highest BCUT2D eigenvalue weighted by Gasteiger charge is 2.47. The molecule has 1 fully saturated rings. The number of cyclic esters (lactones) is 1. The zero-order chi connectivity index (χ0) is 33.1. The smallest absolute Gasteiger partial charge is 0.308 e. The van der Waals surface area contributed by atoms with Crippen molar-refractivity contribution >= 4 is 18.0 Å². The molecule has 0 saturated carbocycles. The van der Waals surface area contributed by atoms with E-state index in [1.54, 1.807) is 51.9 Å². The van der Waals surface area contributed by atoms with E-state index in [0.29, 0.717) is 19.3 Å². The van der Waals surface area contributed by atoms with Crippen LogP contribution in [0.2, 0.25) is 0 Å². The van der Waals surface area contributed by atoms with Crippen LogP contribution in [0, 0.1) is 23.7 Å². The van der Waals surface area contributed by atoms with Crippen LogP contribution in [0.3, 0.4) is 0 Å². The van der Waals surface area contributed by atoms with Crippen LogP contribution in [0.15, 0.2) is 36.5 Å². The first-order valence-corrected chi connectivity index (χ1v) is 15.5. The van der Waals surface area contributed by atoms with Gasteiger partial charge in [-0.1, -0.05) is 44.6 Å². The second-order valence-corrected chi connectivity index (χ2v) is 12.4. The van der Waals surface area contributed by atoms with Crippen LogP contribution in [0.4, 0.5) is 0 Å². The van der Waals surface area contributed by atoms with Crippen molar-refractivity contribution in [1.82, 2.24) is 4.90 Å². The zero-order valence-electron chi connectivity index (χ0n) is 27.2. The number of hydrogen-bond donors (Lipinski definition) is 3. The molecule has 1 saturated heterocycles. The lowest BCUT2D eigenvalue weighted by Crippen LogP contribution is -2.63. The van der Waals surface area contributed by atoms with Crippen LogP contribution in [0.1, 0.15) is 53.9 Å². The number of hydrogen-bond acceptors (Lipinski definition) is 11. The summed E-state index contributed by atoms with van der Waals surface area (Å²) in [5, 5.41) is 33.0. The molecule has 0 radical (unpaired) electrons. The number of esters is 1. The molecule has 1 unspecified atom stereocenters. The molecule has 0 aromatic heterocycles. The Kier molecular flexibility index (Phi) is 15.5. The third kappa shape index (κ3) is 10.4. The summed E-state index contributed by atoms with van der Waals surface area (Å²) in [4.78, 5) is 40.4. The average molecular weight is 624 g/mol. The second-order valence-electron chi connectivity index (χ2n) is 12.4. The first-order chi connectivity index (χ1) is 20.7. The van der Waals surface area contributed by atoms with E-state index in [1.807, 2.05) is 19.9 Å². The molecule has 44 heavy (non-hydrogen) atoms. The number of ketones is 1. The fraction of sp³-hybridized carbons (Fsp3) is 0.727. The standard InChI is InChI=1S/C33H53NO10/c1-9-13-41-18-24-14-19(3)11-12-25(36)20(4)15-23(17-35)32(21(5)26(37)16-28(38)43-27(24)10-2)44-33-31(40)29(34(7)8)30(39)22(6)42-33/h9,11-12,14,17,20-24,26-27,29-33,37,39-40H,1,10,13,15-16,18H2,2-8H3/b12-11+,19-14+/t20-,21+,22-,23?,24-,26-,27-,29+,30-,31-,32-,33+/m1/s1. The van der Waals surface area contributed by atoms with Crippen molar-refractivity contribution in [2.75, 3.05) is 27.3 Å². The quantitative estimate of drug-likeness (QED) is 0.150. The van der Waals surface area contributed by atoms with E-state index >= 15 is 0 Å². The number of aldehydes is 1. The lowest BCUT2D eigenvalue weighted by Gasteiger charge is -2.46. The van der Waals surface area contributed by atoms with Crippen molar-refractivity contribution in [3.05, 3.63) is 36.5 Å². The topological polar surface area (TPSA) is 152 Å². The maximum Gasteiger partial charge on any atom is 0.308 e. The SMILES string of the molecule is C=CCOC[C@H]1/C=C(C)/C=C/C(=O)[C@H](C)CC(C=O)[C@H](O[C@@H]2O[C@H](C)[C@@H](O)[C@H](N(C)C)[C@H]2O)[C@@H](C)[C@H](O)CC(=O)O[C@@H]1CC. The molecule has 2 heterocycles. The number of carbonyl (C=O) groups excluding carboxylic acids is 3. The summed E-state index contributed by atoms with van der Waals surface area (Å²) in [5.74, 6) is -3.41. The zero-order valence-corrected chi connectivity index (χ0v) is 27.2. The van der Waals surface area contributed by atoms with Gasteiger partial charge in [-0.3, -0.25) is 9.59 Å². The molecule has 2 rings (SSSR count). The Bertz CT molecular complexity index is 1010. The average Bonchev–Trinajstić information content (AvgIpc) is 2.97. The van der Waals surface area contributed by atoms with Crippen LogP contribution in [-0.2, 0) is 33.3 Å². The van der Waals surface area contributed by atoms with E-state index in [-0.39, 0.29) is 31.1 Å². The van der Waals surface area contributed by atoms with Crippen LogP contribution in [-0.4, -0.2) is 115 Å². The first kappa shape index (κ1) is 37.9. The van der Waals surface area contributed by atoms with Crippen molar-refractivity contribution in [1.29, 1.82) is 0 Å². The molecule has 0 amide bonds. The molecular weight excluding hydrogens is 570 g/mol. The van der Waals surface area contributed by atoms with E-state index in [0.717, 1.165) is 5.57 Å². The van der Waals surface area contributed by atoms with Gasteiger partial charge in [0.1, 0.15) is 18.5 Å². The van der Waals surface area contributed by atoms with Gasteiger partial charge in [-0.05, 0) is 46.9 Å². The van der Waals surface area contributed by atoms with E-state index in [1.165, 1.54) is 6.08 Å². The van der Waals surface area contributed by atoms with Crippen molar-refractivity contribution in [3.8, 4) is 0 Å². The van der Waals surface area contributed by atoms with Crippen molar-refractivity contribution in [3.63, 3.8) is 0 Å². The lowest BCUT2D eigenvalue weighted by atomic mass is 9.81. The Hall–Kier alpha value is -2.25. The van der Waals surface area contributed by atoms with Gasteiger partial charge in [0.05, 0.1) is 50.1 Å². The van der Waals surface area contributed by atoms with Gasteiger partial charge < -0.3 is 44.0 Å². The largest absolute Gasteiger partial charge is 0.462 e. The first-order valence-electron chi connectivity index (χ1n) is 15.5. The maximum atomic E-state index is 13.1. The van der Waals surface area contributed by atoms with E-state index < -0.39 is 72.7 Å². The van der Waals surface area contributed by atoms with Crippen LogP contribution in [0.25, 0.3) is 0 Å². The summed E-state index contributed by atoms with van der Waals surface area (Å²) in [7, 11) is 3.42. The van der Waals surface area contributed by atoms with Crippen molar-refractivity contribution in [2.24, 2.45) is 23.7 Å². The summed E-state index contributed by atoms with van der Waals surface area (Å²) in [6.45, 7) is 13.0. The van der Waals surface area contributed by atoms with Crippen LogP contribution < -0.4 is 0 Å². The predicted molar refractivity (Wildman–Crippen MR) is 164 cm³/mol. The molecule has 250 valence electrons. The summed E-state index contributed by atoms with van der Waals surface area (Å²) in [6, 6.07) is -0.726. The molecule has 3 N–H and O–H groups in total. The summed E-state index contributed by atoms with van der Waals surface area (Å²) < 4.78 is 23.6. The molecular formula is C33H53NO10. The van der Waals surface area contributed by atoms with Gasteiger partial charge >= 0.3 is 5.97 Å². The third-order valence-electron chi connectivity index (χ3n) is 8.60. The van der Waals surface area contributed by atoms with Crippen LogP contribution >= 0.6 is 0 Å². The fourth-order valence-corrected chi connectivity index (χ4v) is 5.89.